The van der Waals surface area contributed by atoms with Crippen molar-refractivity contribution in [3.05, 3.63) is 42.4 Å². The molecule has 31 heavy (non-hydrogen) atoms. The summed E-state index contributed by atoms with van der Waals surface area (Å²) < 4.78 is 6.02. The van der Waals surface area contributed by atoms with Crippen molar-refractivity contribution in [2.24, 2.45) is 4.99 Å². The predicted molar refractivity (Wildman–Crippen MR) is 133 cm³/mol. The molecule has 1 aliphatic heterocycles. The highest BCUT2D eigenvalue weighted by Crippen LogP contribution is 2.22. The van der Waals surface area contributed by atoms with E-state index >= 15 is 0 Å². The molecule has 2 fully saturated rings. The fourth-order valence-corrected chi connectivity index (χ4v) is 4.03. The molecule has 3 heterocycles. The number of aromatic nitrogens is 3. The summed E-state index contributed by atoms with van der Waals surface area (Å²) in [6.45, 7) is 4.19. The average molecular weight is 537 g/mol. The van der Waals surface area contributed by atoms with Crippen LogP contribution in [0.4, 0.5) is 5.95 Å². The van der Waals surface area contributed by atoms with Crippen LogP contribution in [0.3, 0.4) is 0 Å². The minimum absolute atomic E-state index is 0. The number of piperazine rings is 1. The number of hydrogen-bond donors (Lipinski definition) is 1. The number of halogens is 1. The molecular weight excluding hydrogens is 505 g/mol. The van der Waals surface area contributed by atoms with E-state index in [1.54, 1.807) is 12.4 Å². The van der Waals surface area contributed by atoms with Crippen molar-refractivity contribution in [1.82, 2.24) is 25.2 Å². The van der Waals surface area contributed by atoms with Crippen molar-refractivity contribution in [2.75, 3.05) is 38.1 Å². The van der Waals surface area contributed by atoms with Crippen LogP contribution in [0.5, 0.6) is 5.88 Å². The topological polar surface area (TPSA) is 78.8 Å². The highest BCUT2D eigenvalue weighted by molar-refractivity contribution is 14.0. The summed E-state index contributed by atoms with van der Waals surface area (Å²) >= 11 is 0. The van der Waals surface area contributed by atoms with E-state index in [0.29, 0.717) is 12.6 Å². The lowest BCUT2D eigenvalue weighted by molar-refractivity contribution is 0.148. The maximum Gasteiger partial charge on any atom is 0.225 e. The number of aliphatic imine (C=N–C) groups is 1. The number of rotatable bonds is 5. The molecule has 0 unspecified atom stereocenters. The van der Waals surface area contributed by atoms with E-state index in [9.17, 15) is 0 Å². The Bertz CT molecular complexity index is 804. The zero-order chi connectivity index (χ0) is 20.6. The molecule has 0 bridgehead atoms. The summed E-state index contributed by atoms with van der Waals surface area (Å²) in [7, 11) is 1.83. The Labute approximate surface area is 201 Å². The summed E-state index contributed by atoms with van der Waals surface area (Å²) in [5.41, 5.74) is 1.11. The maximum atomic E-state index is 6.02. The van der Waals surface area contributed by atoms with Crippen LogP contribution in [0, 0.1) is 0 Å². The molecule has 1 saturated heterocycles. The van der Waals surface area contributed by atoms with Crippen LogP contribution in [0.2, 0.25) is 0 Å². The summed E-state index contributed by atoms with van der Waals surface area (Å²) in [6.07, 6.45) is 11.9. The van der Waals surface area contributed by atoms with E-state index < -0.39 is 0 Å². The van der Waals surface area contributed by atoms with Gasteiger partial charge in [-0.3, -0.25) is 4.99 Å². The Morgan fingerprint density at radius 3 is 2.45 bits per heavy atom. The molecule has 0 radical (unpaired) electrons. The zero-order valence-corrected chi connectivity index (χ0v) is 20.4. The van der Waals surface area contributed by atoms with Gasteiger partial charge in [-0.25, -0.2) is 15.0 Å². The first-order valence-electron chi connectivity index (χ1n) is 10.9. The van der Waals surface area contributed by atoms with Crippen LogP contribution in [-0.4, -0.2) is 65.1 Å². The standard InChI is InChI=1S/C22H31N7O.HI/c1-23-21(28-12-14-29(15-13-28)22-24-10-5-11-25-22)27-17-18-8-9-20(26-16-18)30-19-6-3-2-4-7-19;/h5,8-11,16,19H,2-4,6-7,12-15,17H2,1H3,(H,23,27);1H. The molecule has 1 aliphatic carbocycles. The second-order valence-corrected chi connectivity index (χ2v) is 7.81. The van der Waals surface area contributed by atoms with E-state index in [1.807, 2.05) is 25.4 Å². The van der Waals surface area contributed by atoms with Gasteiger partial charge in [-0.1, -0.05) is 12.5 Å². The van der Waals surface area contributed by atoms with Gasteiger partial charge in [0.15, 0.2) is 5.96 Å². The first kappa shape index (κ1) is 23.5. The number of nitrogens with zero attached hydrogens (tertiary/aromatic N) is 6. The van der Waals surface area contributed by atoms with Gasteiger partial charge in [-0.2, -0.15) is 0 Å². The average Bonchev–Trinajstić information content (AvgIpc) is 2.82. The van der Waals surface area contributed by atoms with Crippen LogP contribution in [-0.2, 0) is 6.54 Å². The quantitative estimate of drug-likeness (QED) is 0.357. The summed E-state index contributed by atoms with van der Waals surface area (Å²) in [5, 5.41) is 3.46. The largest absolute Gasteiger partial charge is 0.474 e. The van der Waals surface area contributed by atoms with Crippen LogP contribution >= 0.6 is 24.0 Å². The number of guanidine groups is 1. The third-order valence-electron chi connectivity index (χ3n) is 5.71. The van der Waals surface area contributed by atoms with E-state index in [-0.39, 0.29) is 24.0 Å². The van der Waals surface area contributed by atoms with Crippen molar-refractivity contribution in [2.45, 2.75) is 44.8 Å². The Morgan fingerprint density at radius 2 is 1.81 bits per heavy atom. The monoisotopic (exact) mass is 537 g/mol. The van der Waals surface area contributed by atoms with E-state index in [1.165, 1.54) is 19.3 Å². The smallest absolute Gasteiger partial charge is 0.225 e. The van der Waals surface area contributed by atoms with Gasteiger partial charge < -0.3 is 19.9 Å². The van der Waals surface area contributed by atoms with Crippen molar-refractivity contribution in [3.8, 4) is 5.88 Å². The molecule has 0 spiro atoms. The molecule has 0 amide bonds. The summed E-state index contributed by atoms with van der Waals surface area (Å²) in [4.78, 5) is 22.1. The second kappa shape index (κ2) is 12.0. The predicted octanol–water partition coefficient (Wildman–Crippen LogP) is 3.10. The molecule has 1 saturated carbocycles. The number of hydrogen-bond acceptors (Lipinski definition) is 6. The molecule has 168 valence electrons. The van der Waals surface area contributed by atoms with Gasteiger partial charge in [0.25, 0.3) is 0 Å². The van der Waals surface area contributed by atoms with E-state index in [0.717, 1.165) is 62.4 Å². The molecule has 4 rings (SSSR count). The van der Waals surface area contributed by atoms with Gasteiger partial charge in [0.05, 0.1) is 0 Å². The van der Waals surface area contributed by atoms with E-state index in [4.69, 9.17) is 4.74 Å². The van der Waals surface area contributed by atoms with Crippen LogP contribution in [0.25, 0.3) is 0 Å². The lowest BCUT2D eigenvalue weighted by atomic mass is 9.98. The molecule has 1 N–H and O–H groups in total. The number of pyridine rings is 1. The van der Waals surface area contributed by atoms with Gasteiger partial charge in [-0.05, 0) is 37.3 Å². The van der Waals surface area contributed by atoms with Crippen molar-refractivity contribution in [3.63, 3.8) is 0 Å². The molecule has 8 nitrogen and oxygen atoms in total. The fourth-order valence-electron chi connectivity index (χ4n) is 4.03. The zero-order valence-electron chi connectivity index (χ0n) is 18.1. The fraction of sp³-hybridized carbons (Fsp3) is 0.545. The van der Waals surface area contributed by atoms with E-state index in [2.05, 4.69) is 41.1 Å². The number of ether oxygens (including phenoxy) is 1. The Balaban J connectivity index is 0.00000272. The third-order valence-corrected chi connectivity index (χ3v) is 5.71. The van der Waals surface area contributed by atoms with Gasteiger partial charge in [0.2, 0.25) is 11.8 Å². The van der Waals surface area contributed by atoms with Crippen molar-refractivity contribution >= 4 is 35.9 Å². The van der Waals surface area contributed by atoms with Crippen LogP contribution in [0.1, 0.15) is 37.7 Å². The SMILES string of the molecule is CN=C(NCc1ccc(OC2CCCCC2)nc1)N1CCN(c2ncccn2)CC1.I. The van der Waals surface area contributed by atoms with Gasteiger partial charge in [0.1, 0.15) is 6.10 Å². The highest BCUT2D eigenvalue weighted by atomic mass is 127. The highest BCUT2D eigenvalue weighted by Gasteiger charge is 2.21. The minimum Gasteiger partial charge on any atom is -0.474 e. The first-order valence-corrected chi connectivity index (χ1v) is 10.9. The van der Waals surface area contributed by atoms with Crippen LogP contribution < -0.4 is 15.0 Å². The Morgan fingerprint density at radius 1 is 1.06 bits per heavy atom. The molecule has 2 aliphatic rings. The molecular formula is C22H32IN7O. The second-order valence-electron chi connectivity index (χ2n) is 7.81. The van der Waals surface area contributed by atoms with Crippen molar-refractivity contribution in [1.29, 1.82) is 0 Å². The Hall–Kier alpha value is -2.17. The lowest BCUT2D eigenvalue weighted by Gasteiger charge is -2.36. The normalized spacial score (nSPS) is 17.8. The lowest BCUT2D eigenvalue weighted by Crippen LogP contribution is -2.52. The van der Waals surface area contributed by atoms with Crippen LogP contribution in [0.15, 0.2) is 41.8 Å². The Kier molecular flexibility index (Phi) is 9.11. The summed E-state index contributed by atoms with van der Waals surface area (Å²) in [5.74, 6) is 2.43. The number of nitrogens with one attached hydrogen (secondary N) is 1. The third kappa shape index (κ3) is 6.65. The maximum absolute atomic E-state index is 6.02. The molecule has 9 heteroatoms. The number of anilines is 1. The molecule has 2 aromatic heterocycles. The summed E-state index contributed by atoms with van der Waals surface area (Å²) in [6, 6.07) is 5.90. The molecule has 0 atom stereocenters. The minimum atomic E-state index is 0. The molecule has 2 aromatic rings. The van der Waals surface area contributed by atoms with Gasteiger partial charge >= 0.3 is 0 Å². The first-order chi connectivity index (χ1) is 14.8. The van der Waals surface area contributed by atoms with Crippen molar-refractivity contribution < 1.29 is 4.74 Å². The van der Waals surface area contributed by atoms with Gasteiger partial charge in [-0.15, -0.1) is 24.0 Å². The molecule has 0 aromatic carbocycles. The van der Waals surface area contributed by atoms with Gasteiger partial charge in [0, 0.05) is 64.4 Å².